The van der Waals surface area contributed by atoms with Gasteiger partial charge in [-0.2, -0.15) is 0 Å². The molecule has 0 fully saturated rings. The summed E-state index contributed by atoms with van der Waals surface area (Å²) in [5, 5.41) is 2.61. The summed E-state index contributed by atoms with van der Waals surface area (Å²) in [7, 11) is -3.53. The number of H-pyrrole nitrogens is 1. The molecule has 0 saturated carbocycles. The summed E-state index contributed by atoms with van der Waals surface area (Å²) < 4.78 is 24.0. The Morgan fingerprint density at radius 1 is 1.45 bits per heavy atom. The molecule has 118 valence electrons. The van der Waals surface area contributed by atoms with Crippen LogP contribution >= 0.6 is 27.3 Å². The molecule has 22 heavy (non-hydrogen) atoms. The van der Waals surface area contributed by atoms with Gasteiger partial charge in [-0.25, -0.2) is 18.4 Å². The second kappa shape index (κ2) is 5.84. The molecule has 1 aliphatic rings. The summed E-state index contributed by atoms with van der Waals surface area (Å²) in [5.74, 6) is 0. The number of aromatic amines is 1. The van der Waals surface area contributed by atoms with Gasteiger partial charge in [0.05, 0.1) is 12.2 Å². The molecule has 0 saturated heterocycles. The van der Waals surface area contributed by atoms with Crippen LogP contribution in [0.15, 0.2) is 19.9 Å². The summed E-state index contributed by atoms with van der Waals surface area (Å²) in [6.07, 6.45) is 1.58. The molecule has 2 aromatic rings. The van der Waals surface area contributed by atoms with E-state index in [-0.39, 0.29) is 10.7 Å². The van der Waals surface area contributed by atoms with E-state index < -0.39 is 9.84 Å². The Kier molecular flexibility index (Phi) is 4.19. The molecule has 10 heteroatoms. The van der Waals surface area contributed by atoms with Crippen LogP contribution in [0, 0.1) is 0 Å². The fourth-order valence-electron chi connectivity index (χ4n) is 2.33. The quantitative estimate of drug-likeness (QED) is 0.764. The predicted octanol–water partition coefficient (Wildman–Crippen LogP) is 0.951. The van der Waals surface area contributed by atoms with Crippen molar-refractivity contribution < 1.29 is 8.42 Å². The molecular weight excluding hydrogens is 392 g/mol. The van der Waals surface area contributed by atoms with E-state index in [1.54, 1.807) is 11.3 Å². The average Bonchev–Trinajstić information content (AvgIpc) is 2.82. The third-order valence-corrected chi connectivity index (χ3v) is 5.80. The van der Waals surface area contributed by atoms with E-state index in [0.717, 1.165) is 15.9 Å². The van der Waals surface area contributed by atoms with E-state index in [0.29, 0.717) is 37.3 Å². The number of nitrogens with zero attached hydrogens (tertiary/aromatic N) is 3. The molecule has 7 nitrogen and oxygen atoms in total. The zero-order valence-electron chi connectivity index (χ0n) is 11.7. The molecule has 0 unspecified atom stereocenters. The van der Waals surface area contributed by atoms with Crippen molar-refractivity contribution in [2.75, 3.05) is 12.8 Å². The zero-order valence-corrected chi connectivity index (χ0v) is 14.9. The van der Waals surface area contributed by atoms with Gasteiger partial charge in [0, 0.05) is 30.3 Å². The Morgan fingerprint density at radius 3 is 2.86 bits per heavy atom. The molecule has 0 atom stereocenters. The van der Waals surface area contributed by atoms with Crippen LogP contribution in [0.3, 0.4) is 0 Å². The molecule has 0 spiro atoms. The van der Waals surface area contributed by atoms with Gasteiger partial charge < -0.3 is 0 Å². The third kappa shape index (κ3) is 3.29. The minimum Gasteiger partial charge on any atom is -0.297 e. The second-order valence-corrected chi connectivity index (χ2v) is 8.78. The molecule has 0 bridgehead atoms. The van der Waals surface area contributed by atoms with Crippen molar-refractivity contribution in [3.63, 3.8) is 0 Å². The third-order valence-electron chi connectivity index (χ3n) is 3.36. The maximum atomic E-state index is 12.0. The molecule has 1 aliphatic heterocycles. The van der Waals surface area contributed by atoms with Crippen molar-refractivity contribution in [3.05, 3.63) is 36.6 Å². The van der Waals surface area contributed by atoms with E-state index >= 15 is 0 Å². The number of halogens is 1. The van der Waals surface area contributed by atoms with E-state index in [2.05, 4.69) is 35.8 Å². The van der Waals surface area contributed by atoms with Crippen molar-refractivity contribution in [3.8, 4) is 0 Å². The predicted molar refractivity (Wildman–Crippen MR) is 85.6 cm³/mol. The summed E-state index contributed by atoms with van der Waals surface area (Å²) in [6.45, 7) is 1.81. The zero-order chi connectivity index (χ0) is 15.9. The number of sulfone groups is 1. The van der Waals surface area contributed by atoms with Crippen molar-refractivity contribution in [1.29, 1.82) is 0 Å². The van der Waals surface area contributed by atoms with Crippen LogP contribution in [0.2, 0.25) is 0 Å². The number of aromatic nitrogens is 3. The monoisotopic (exact) mass is 404 g/mol. The number of hydrogen-bond acceptors (Lipinski definition) is 7. The number of fused-ring (bicyclic) bond motifs is 1. The van der Waals surface area contributed by atoms with E-state index in [1.807, 2.05) is 5.38 Å². The summed E-state index contributed by atoms with van der Waals surface area (Å²) in [6, 6.07) is 0. The Bertz CT molecular complexity index is 875. The van der Waals surface area contributed by atoms with Crippen LogP contribution in [0.4, 0.5) is 0 Å². The molecule has 0 amide bonds. The van der Waals surface area contributed by atoms with Gasteiger partial charge in [0.1, 0.15) is 9.61 Å². The van der Waals surface area contributed by atoms with Crippen molar-refractivity contribution in [1.82, 2.24) is 19.9 Å². The lowest BCUT2D eigenvalue weighted by Crippen LogP contribution is -2.35. The minimum absolute atomic E-state index is 0.268. The lowest BCUT2D eigenvalue weighted by atomic mass is 10.1. The summed E-state index contributed by atoms with van der Waals surface area (Å²) in [5.41, 5.74) is 0.747. The van der Waals surface area contributed by atoms with Crippen LogP contribution in [0.25, 0.3) is 0 Å². The second-order valence-electron chi connectivity index (χ2n) is 5.09. The summed E-state index contributed by atoms with van der Waals surface area (Å²) >= 11 is 4.87. The molecular formula is C12H13BrN4O3S2. The Balaban J connectivity index is 1.88. The molecule has 0 aliphatic carbocycles. The first-order chi connectivity index (χ1) is 10.3. The van der Waals surface area contributed by atoms with E-state index in [1.165, 1.54) is 0 Å². The Morgan fingerprint density at radius 2 is 2.23 bits per heavy atom. The van der Waals surface area contributed by atoms with E-state index in [4.69, 9.17) is 0 Å². The van der Waals surface area contributed by atoms with E-state index in [9.17, 15) is 13.2 Å². The lowest BCUT2D eigenvalue weighted by molar-refractivity contribution is 0.239. The van der Waals surface area contributed by atoms with Crippen LogP contribution in [-0.4, -0.2) is 41.1 Å². The van der Waals surface area contributed by atoms with Gasteiger partial charge in [-0.3, -0.25) is 14.7 Å². The van der Waals surface area contributed by atoms with Gasteiger partial charge in [0.15, 0.2) is 0 Å². The maximum absolute atomic E-state index is 12.0. The highest BCUT2D eigenvalue weighted by atomic mass is 79.9. The number of hydrogen-bond donors (Lipinski definition) is 1. The normalized spacial score (nSPS) is 15.7. The van der Waals surface area contributed by atoms with Gasteiger partial charge in [0.25, 0.3) is 5.56 Å². The molecule has 2 aromatic heterocycles. The van der Waals surface area contributed by atoms with Gasteiger partial charge in [-0.05, 0) is 22.4 Å². The van der Waals surface area contributed by atoms with Crippen molar-refractivity contribution >= 4 is 37.1 Å². The SMILES string of the molecule is CS(=O)(=O)c1nc2c(c(=O)[nH]1)CCN(Cc1nc(Br)cs1)C2. The van der Waals surface area contributed by atoms with Gasteiger partial charge >= 0.3 is 0 Å². The van der Waals surface area contributed by atoms with Gasteiger partial charge in [-0.1, -0.05) is 0 Å². The Labute approximate surface area is 139 Å². The summed E-state index contributed by atoms with van der Waals surface area (Å²) in [4.78, 5) is 24.9. The molecule has 3 rings (SSSR count). The van der Waals surface area contributed by atoms with Crippen LogP contribution in [0.5, 0.6) is 0 Å². The molecule has 0 aromatic carbocycles. The molecule has 1 N–H and O–H groups in total. The minimum atomic E-state index is -3.53. The van der Waals surface area contributed by atoms with Crippen LogP contribution in [-0.2, 0) is 29.3 Å². The number of rotatable bonds is 3. The average molecular weight is 405 g/mol. The lowest BCUT2D eigenvalue weighted by Gasteiger charge is -2.26. The Hall–Kier alpha value is -1.10. The van der Waals surface area contributed by atoms with Crippen LogP contribution in [0.1, 0.15) is 16.3 Å². The van der Waals surface area contributed by atoms with Crippen molar-refractivity contribution in [2.24, 2.45) is 0 Å². The molecule has 0 radical (unpaired) electrons. The first kappa shape index (κ1) is 15.8. The first-order valence-corrected chi connectivity index (χ1v) is 10.0. The van der Waals surface area contributed by atoms with Gasteiger partial charge in [-0.15, -0.1) is 11.3 Å². The number of nitrogens with one attached hydrogen (secondary N) is 1. The molecule has 3 heterocycles. The highest BCUT2D eigenvalue weighted by molar-refractivity contribution is 9.10. The standard InChI is InChI=1S/C12H13BrN4O3S2/c1-22(19,20)12-14-8-4-17(3-2-7(8)11(18)16-12)5-10-15-9(13)6-21-10/h6H,2-5H2,1H3,(H,14,16,18). The van der Waals surface area contributed by atoms with Crippen LogP contribution < -0.4 is 5.56 Å². The maximum Gasteiger partial charge on any atom is 0.255 e. The first-order valence-electron chi connectivity index (χ1n) is 6.47. The smallest absolute Gasteiger partial charge is 0.255 e. The fourth-order valence-corrected chi connectivity index (χ4v) is 4.19. The fraction of sp³-hybridized carbons (Fsp3) is 0.417. The highest BCUT2D eigenvalue weighted by Gasteiger charge is 2.23. The van der Waals surface area contributed by atoms with Crippen molar-refractivity contribution in [2.45, 2.75) is 24.7 Å². The largest absolute Gasteiger partial charge is 0.297 e. The topological polar surface area (TPSA) is 96.0 Å². The number of thiazole rings is 1. The highest BCUT2D eigenvalue weighted by Crippen LogP contribution is 2.20. The van der Waals surface area contributed by atoms with Gasteiger partial charge in [0.2, 0.25) is 15.0 Å².